The fourth-order valence-electron chi connectivity index (χ4n) is 2.47. The molecular formula is C20H20ClN3O3. The van der Waals surface area contributed by atoms with Crippen LogP contribution in [0, 0.1) is 0 Å². The van der Waals surface area contributed by atoms with E-state index >= 15 is 0 Å². The number of carbonyl (C=O) groups is 1. The molecule has 3 aromatic rings. The summed E-state index contributed by atoms with van der Waals surface area (Å²) in [5.74, 6) is 0.861. The zero-order chi connectivity index (χ0) is 19.1. The predicted molar refractivity (Wildman–Crippen MR) is 104 cm³/mol. The summed E-state index contributed by atoms with van der Waals surface area (Å²) in [5.41, 5.74) is 2.10. The van der Waals surface area contributed by atoms with Crippen LogP contribution in [0.1, 0.15) is 25.3 Å². The van der Waals surface area contributed by atoms with Gasteiger partial charge in [-0.3, -0.25) is 4.79 Å². The molecule has 27 heavy (non-hydrogen) atoms. The molecule has 0 aliphatic rings. The maximum Gasteiger partial charge on any atom is 0.230 e. The second kappa shape index (κ2) is 9.19. The van der Waals surface area contributed by atoms with E-state index in [0.717, 1.165) is 29.7 Å². The Hall–Kier alpha value is -2.86. The number of halogens is 1. The number of unbranched alkanes of at least 4 members (excludes halogenated alkanes) is 1. The van der Waals surface area contributed by atoms with Gasteiger partial charge in [0.15, 0.2) is 5.69 Å². The molecule has 0 aliphatic heterocycles. The van der Waals surface area contributed by atoms with Crippen LogP contribution < -0.4 is 10.1 Å². The number of nitrogens with zero attached hydrogens (tertiary/aromatic N) is 2. The normalized spacial score (nSPS) is 10.6. The number of aromatic nitrogens is 2. The average molecular weight is 386 g/mol. The molecule has 7 heteroatoms. The molecule has 0 fully saturated rings. The first kappa shape index (κ1) is 18.9. The van der Waals surface area contributed by atoms with E-state index in [-0.39, 0.29) is 18.1 Å². The fourth-order valence-corrected chi connectivity index (χ4v) is 2.59. The first-order valence-corrected chi connectivity index (χ1v) is 9.13. The van der Waals surface area contributed by atoms with Crippen LogP contribution in [0.25, 0.3) is 11.3 Å². The highest BCUT2D eigenvalue weighted by Gasteiger charge is 2.15. The van der Waals surface area contributed by atoms with Gasteiger partial charge in [-0.05, 0) is 58.7 Å². The van der Waals surface area contributed by atoms with Crippen LogP contribution in [-0.2, 0) is 11.2 Å². The van der Waals surface area contributed by atoms with Gasteiger partial charge < -0.3 is 10.1 Å². The lowest BCUT2D eigenvalue weighted by Crippen LogP contribution is -2.15. The third kappa shape index (κ3) is 5.31. The van der Waals surface area contributed by atoms with Gasteiger partial charge in [-0.15, -0.1) is 0 Å². The maximum atomic E-state index is 12.3. The molecule has 1 N–H and O–H groups in total. The van der Waals surface area contributed by atoms with E-state index in [9.17, 15) is 4.79 Å². The largest absolute Gasteiger partial charge is 0.494 e. The van der Waals surface area contributed by atoms with E-state index < -0.39 is 0 Å². The molecule has 0 unspecified atom stereocenters. The molecule has 3 rings (SSSR count). The van der Waals surface area contributed by atoms with Gasteiger partial charge in [0.1, 0.15) is 5.75 Å². The van der Waals surface area contributed by atoms with Crippen molar-refractivity contribution in [3.63, 3.8) is 0 Å². The van der Waals surface area contributed by atoms with Gasteiger partial charge >= 0.3 is 0 Å². The van der Waals surface area contributed by atoms with Crippen molar-refractivity contribution >= 4 is 23.3 Å². The Morgan fingerprint density at radius 3 is 2.56 bits per heavy atom. The Kier molecular flexibility index (Phi) is 6.44. The summed E-state index contributed by atoms with van der Waals surface area (Å²) in [7, 11) is 0. The predicted octanol–water partition coefficient (Wildman–Crippen LogP) is 4.75. The van der Waals surface area contributed by atoms with Gasteiger partial charge in [0.2, 0.25) is 11.7 Å². The van der Waals surface area contributed by atoms with Crippen LogP contribution in [0.5, 0.6) is 5.75 Å². The number of hydrogen-bond acceptors (Lipinski definition) is 5. The van der Waals surface area contributed by atoms with E-state index in [0.29, 0.717) is 17.3 Å². The van der Waals surface area contributed by atoms with Crippen LogP contribution in [0.2, 0.25) is 5.02 Å². The Morgan fingerprint density at radius 2 is 1.85 bits per heavy atom. The van der Waals surface area contributed by atoms with Gasteiger partial charge in [0.05, 0.1) is 13.0 Å². The van der Waals surface area contributed by atoms with Crippen LogP contribution in [0.3, 0.4) is 0 Å². The SMILES string of the molecule is CCCCOc1ccc(-c2nonc2NC(=O)Cc2ccc(Cl)cc2)cc1. The molecule has 140 valence electrons. The number of rotatable bonds is 8. The lowest BCUT2D eigenvalue weighted by atomic mass is 10.1. The van der Waals surface area contributed by atoms with Gasteiger partial charge in [-0.2, -0.15) is 0 Å². The van der Waals surface area contributed by atoms with E-state index in [2.05, 4.69) is 22.6 Å². The van der Waals surface area contributed by atoms with Crippen molar-refractivity contribution in [2.45, 2.75) is 26.2 Å². The highest BCUT2D eigenvalue weighted by Crippen LogP contribution is 2.26. The van der Waals surface area contributed by atoms with Crippen LogP contribution in [0.15, 0.2) is 53.2 Å². The van der Waals surface area contributed by atoms with Crippen LogP contribution >= 0.6 is 11.6 Å². The molecule has 6 nitrogen and oxygen atoms in total. The zero-order valence-corrected chi connectivity index (χ0v) is 15.7. The Bertz CT molecular complexity index is 876. The van der Waals surface area contributed by atoms with Crippen molar-refractivity contribution in [2.24, 2.45) is 0 Å². The second-order valence-corrected chi connectivity index (χ2v) is 6.48. The van der Waals surface area contributed by atoms with Crippen molar-refractivity contribution < 1.29 is 14.2 Å². The molecule has 1 amide bonds. The molecule has 0 spiro atoms. The number of anilines is 1. The van der Waals surface area contributed by atoms with Crippen molar-refractivity contribution in [1.29, 1.82) is 0 Å². The van der Waals surface area contributed by atoms with E-state index in [4.69, 9.17) is 21.0 Å². The number of amides is 1. The summed E-state index contributed by atoms with van der Waals surface area (Å²) in [6.07, 6.45) is 2.30. The summed E-state index contributed by atoms with van der Waals surface area (Å²) in [6.45, 7) is 2.81. The highest BCUT2D eigenvalue weighted by atomic mass is 35.5. The molecule has 1 heterocycles. The number of hydrogen-bond donors (Lipinski definition) is 1. The van der Waals surface area contributed by atoms with Crippen molar-refractivity contribution in [2.75, 3.05) is 11.9 Å². The number of carbonyl (C=O) groups excluding carboxylic acids is 1. The first-order chi connectivity index (χ1) is 13.2. The average Bonchev–Trinajstić information content (AvgIpc) is 3.12. The summed E-state index contributed by atoms with van der Waals surface area (Å²) in [5, 5.41) is 11.1. The van der Waals surface area contributed by atoms with Crippen molar-refractivity contribution in [1.82, 2.24) is 10.3 Å². The number of nitrogens with one attached hydrogen (secondary N) is 1. The monoisotopic (exact) mass is 385 g/mol. The van der Waals surface area contributed by atoms with Gasteiger partial charge in [-0.25, -0.2) is 4.63 Å². The third-order valence-electron chi connectivity index (χ3n) is 3.92. The lowest BCUT2D eigenvalue weighted by Gasteiger charge is -2.06. The topological polar surface area (TPSA) is 77.2 Å². The molecule has 2 aromatic carbocycles. The summed E-state index contributed by atoms with van der Waals surface area (Å²) < 4.78 is 10.5. The minimum atomic E-state index is -0.214. The van der Waals surface area contributed by atoms with Crippen molar-refractivity contribution in [3.05, 3.63) is 59.1 Å². The van der Waals surface area contributed by atoms with Crippen LogP contribution in [-0.4, -0.2) is 22.8 Å². The van der Waals surface area contributed by atoms with Gasteiger partial charge in [0.25, 0.3) is 0 Å². The standard InChI is InChI=1S/C20H20ClN3O3/c1-2-3-12-26-17-10-6-15(7-11-17)19-20(24-27-23-19)22-18(25)13-14-4-8-16(21)9-5-14/h4-11H,2-3,12-13H2,1H3,(H,22,24,25). The zero-order valence-electron chi connectivity index (χ0n) is 14.9. The summed E-state index contributed by atoms with van der Waals surface area (Å²) in [4.78, 5) is 12.3. The molecule has 0 atom stereocenters. The molecule has 0 saturated carbocycles. The van der Waals surface area contributed by atoms with Crippen LogP contribution in [0.4, 0.5) is 5.82 Å². The third-order valence-corrected chi connectivity index (χ3v) is 4.17. The molecule has 0 aliphatic carbocycles. The fraction of sp³-hybridized carbons (Fsp3) is 0.250. The first-order valence-electron chi connectivity index (χ1n) is 8.76. The Morgan fingerprint density at radius 1 is 1.11 bits per heavy atom. The minimum Gasteiger partial charge on any atom is -0.494 e. The smallest absolute Gasteiger partial charge is 0.230 e. The highest BCUT2D eigenvalue weighted by molar-refractivity contribution is 6.30. The van der Waals surface area contributed by atoms with Gasteiger partial charge in [0, 0.05) is 10.6 Å². The maximum absolute atomic E-state index is 12.3. The quantitative estimate of drug-likeness (QED) is 0.566. The van der Waals surface area contributed by atoms with Crippen molar-refractivity contribution in [3.8, 4) is 17.0 Å². The molecule has 0 saturated heterocycles. The number of ether oxygens (including phenoxy) is 1. The van der Waals surface area contributed by atoms with E-state index in [1.807, 2.05) is 24.3 Å². The molecule has 0 bridgehead atoms. The van der Waals surface area contributed by atoms with E-state index in [1.165, 1.54) is 0 Å². The Labute approximate surface area is 162 Å². The number of benzene rings is 2. The lowest BCUT2D eigenvalue weighted by molar-refractivity contribution is -0.115. The molecule has 0 radical (unpaired) electrons. The van der Waals surface area contributed by atoms with Gasteiger partial charge in [-0.1, -0.05) is 37.1 Å². The molecule has 1 aromatic heterocycles. The summed E-state index contributed by atoms with van der Waals surface area (Å²) in [6, 6.07) is 14.5. The minimum absolute atomic E-state index is 0.202. The summed E-state index contributed by atoms with van der Waals surface area (Å²) >= 11 is 5.86. The van der Waals surface area contributed by atoms with E-state index in [1.54, 1.807) is 24.3 Å². The second-order valence-electron chi connectivity index (χ2n) is 6.04. The molecular weight excluding hydrogens is 366 g/mol. The Balaban J connectivity index is 1.64.